The lowest BCUT2D eigenvalue weighted by Crippen LogP contribution is -2.43. The second kappa shape index (κ2) is 7.43. The van der Waals surface area contributed by atoms with Gasteiger partial charge in [0.1, 0.15) is 5.82 Å². The van der Waals surface area contributed by atoms with Crippen LogP contribution in [0.25, 0.3) is 0 Å². The maximum Gasteiger partial charge on any atom is 0.251 e. The fraction of sp³-hybridized carbons (Fsp3) is 0.647. The molecule has 0 saturated heterocycles. The molecule has 0 unspecified atom stereocenters. The van der Waals surface area contributed by atoms with Gasteiger partial charge in [0.05, 0.1) is 0 Å². The van der Waals surface area contributed by atoms with E-state index in [-0.39, 0.29) is 11.4 Å². The molecule has 2 N–H and O–H groups in total. The number of carbonyl (C=O) groups is 1. The fourth-order valence-corrected chi connectivity index (χ4v) is 2.32. The minimum absolute atomic E-state index is 0.0306. The molecule has 0 bridgehead atoms. The van der Waals surface area contributed by atoms with Gasteiger partial charge in [-0.2, -0.15) is 0 Å². The van der Waals surface area contributed by atoms with Crippen LogP contribution in [0.2, 0.25) is 0 Å². The van der Waals surface area contributed by atoms with Gasteiger partial charge in [0.15, 0.2) is 0 Å². The molecule has 0 aliphatic rings. The summed E-state index contributed by atoms with van der Waals surface area (Å²) in [5.74, 6) is 1.03. The predicted octanol–water partition coefficient (Wildman–Crippen LogP) is 3.95. The SMILES string of the molecule is CCCC(C)(C)NC(=O)c1cc(NCC)nc(C(C)C)c1. The summed E-state index contributed by atoms with van der Waals surface area (Å²) in [6.07, 6.45) is 2.00. The van der Waals surface area contributed by atoms with Gasteiger partial charge in [-0.3, -0.25) is 4.79 Å². The number of carbonyl (C=O) groups excluding carboxylic acids is 1. The van der Waals surface area contributed by atoms with E-state index in [9.17, 15) is 4.79 Å². The molecule has 4 nitrogen and oxygen atoms in total. The first-order chi connectivity index (χ1) is 9.79. The maximum absolute atomic E-state index is 12.5. The number of amides is 1. The first kappa shape index (κ1) is 17.5. The number of pyridine rings is 1. The Morgan fingerprint density at radius 3 is 2.48 bits per heavy atom. The van der Waals surface area contributed by atoms with E-state index in [0.717, 1.165) is 30.9 Å². The van der Waals surface area contributed by atoms with E-state index in [1.165, 1.54) is 0 Å². The number of anilines is 1. The highest BCUT2D eigenvalue weighted by Crippen LogP contribution is 2.19. The van der Waals surface area contributed by atoms with E-state index in [0.29, 0.717) is 11.5 Å². The summed E-state index contributed by atoms with van der Waals surface area (Å²) in [4.78, 5) is 17.0. The summed E-state index contributed by atoms with van der Waals surface area (Å²) in [5.41, 5.74) is 1.42. The lowest BCUT2D eigenvalue weighted by molar-refractivity contribution is 0.0909. The van der Waals surface area contributed by atoms with Gasteiger partial charge in [-0.15, -0.1) is 0 Å². The molecular weight excluding hydrogens is 262 g/mol. The summed E-state index contributed by atoms with van der Waals surface area (Å²) in [6.45, 7) is 13.2. The lowest BCUT2D eigenvalue weighted by atomic mass is 9.98. The third kappa shape index (κ3) is 5.37. The first-order valence-corrected chi connectivity index (χ1v) is 7.87. The molecule has 0 atom stereocenters. The Morgan fingerprint density at radius 1 is 1.29 bits per heavy atom. The molecule has 1 heterocycles. The van der Waals surface area contributed by atoms with Gasteiger partial charge in [-0.05, 0) is 45.2 Å². The van der Waals surface area contributed by atoms with E-state index in [4.69, 9.17) is 0 Å². The zero-order valence-electron chi connectivity index (χ0n) is 14.2. The average Bonchev–Trinajstić information content (AvgIpc) is 2.37. The van der Waals surface area contributed by atoms with Crippen LogP contribution in [0.3, 0.4) is 0 Å². The molecule has 0 fully saturated rings. The van der Waals surface area contributed by atoms with Crippen molar-refractivity contribution >= 4 is 11.7 Å². The largest absolute Gasteiger partial charge is 0.370 e. The molecule has 1 aromatic heterocycles. The molecule has 0 aromatic carbocycles. The predicted molar refractivity (Wildman–Crippen MR) is 88.9 cm³/mol. The molecule has 4 heteroatoms. The summed E-state index contributed by atoms with van der Waals surface area (Å²) in [7, 11) is 0. The maximum atomic E-state index is 12.5. The molecule has 1 aromatic rings. The minimum Gasteiger partial charge on any atom is -0.370 e. The molecule has 21 heavy (non-hydrogen) atoms. The molecular formula is C17H29N3O. The molecule has 118 valence electrons. The van der Waals surface area contributed by atoms with Crippen LogP contribution in [0.15, 0.2) is 12.1 Å². The average molecular weight is 291 g/mol. The van der Waals surface area contributed by atoms with Crippen LogP contribution < -0.4 is 10.6 Å². The van der Waals surface area contributed by atoms with E-state index >= 15 is 0 Å². The summed E-state index contributed by atoms with van der Waals surface area (Å²) in [5, 5.41) is 6.31. The van der Waals surface area contributed by atoms with Crippen molar-refractivity contribution in [1.82, 2.24) is 10.3 Å². The Balaban J connectivity index is 3.02. The first-order valence-electron chi connectivity index (χ1n) is 7.87. The van der Waals surface area contributed by atoms with Crippen molar-refractivity contribution in [3.8, 4) is 0 Å². The van der Waals surface area contributed by atoms with Crippen LogP contribution in [0.4, 0.5) is 5.82 Å². The van der Waals surface area contributed by atoms with E-state index in [1.54, 1.807) is 0 Å². The highest BCUT2D eigenvalue weighted by molar-refractivity contribution is 5.95. The number of nitrogens with zero attached hydrogens (tertiary/aromatic N) is 1. The van der Waals surface area contributed by atoms with E-state index in [1.807, 2.05) is 19.1 Å². The van der Waals surface area contributed by atoms with Crippen molar-refractivity contribution in [2.45, 2.75) is 65.8 Å². The van der Waals surface area contributed by atoms with Gasteiger partial charge in [0.2, 0.25) is 0 Å². The fourth-order valence-electron chi connectivity index (χ4n) is 2.32. The smallest absolute Gasteiger partial charge is 0.251 e. The third-order valence-electron chi connectivity index (χ3n) is 3.38. The second-order valence-corrected chi connectivity index (χ2v) is 6.44. The Hall–Kier alpha value is -1.58. The topological polar surface area (TPSA) is 54.0 Å². The molecule has 1 amide bonds. The number of nitrogens with one attached hydrogen (secondary N) is 2. The van der Waals surface area contributed by atoms with Gasteiger partial charge in [-0.1, -0.05) is 27.2 Å². The third-order valence-corrected chi connectivity index (χ3v) is 3.38. The van der Waals surface area contributed by atoms with E-state index < -0.39 is 0 Å². The van der Waals surface area contributed by atoms with Crippen molar-refractivity contribution in [2.24, 2.45) is 0 Å². The van der Waals surface area contributed by atoms with E-state index in [2.05, 4.69) is 50.2 Å². The van der Waals surface area contributed by atoms with Crippen LogP contribution in [-0.2, 0) is 0 Å². The molecule has 0 aliphatic heterocycles. The zero-order chi connectivity index (χ0) is 16.0. The molecule has 0 spiro atoms. The minimum atomic E-state index is -0.189. The van der Waals surface area contributed by atoms with Crippen LogP contribution in [0.1, 0.15) is 76.4 Å². The quantitative estimate of drug-likeness (QED) is 0.800. The Bertz CT molecular complexity index is 481. The van der Waals surface area contributed by atoms with Crippen LogP contribution in [-0.4, -0.2) is 23.0 Å². The van der Waals surface area contributed by atoms with Gasteiger partial charge >= 0.3 is 0 Å². The lowest BCUT2D eigenvalue weighted by Gasteiger charge is -2.26. The van der Waals surface area contributed by atoms with Gasteiger partial charge in [0.25, 0.3) is 5.91 Å². The van der Waals surface area contributed by atoms with Gasteiger partial charge in [0, 0.05) is 23.3 Å². The van der Waals surface area contributed by atoms with Crippen LogP contribution in [0, 0.1) is 0 Å². The van der Waals surface area contributed by atoms with Crippen LogP contribution in [0.5, 0.6) is 0 Å². The number of rotatable bonds is 7. The Labute approximate surface area is 128 Å². The van der Waals surface area contributed by atoms with Gasteiger partial charge < -0.3 is 10.6 Å². The normalized spacial score (nSPS) is 11.6. The van der Waals surface area contributed by atoms with Crippen molar-refractivity contribution in [2.75, 3.05) is 11.9 Å². The Kier molecular flexibility index (Phi) is 6.19. The van der Waals surface area contributed by atoms with Crippen molar-refractivity contribution in [1.29, 1.82) is 0 Å². The highest BCUT2D eigenvalue weighted by Gasteiger charge is 2.21. The number of hydrogen-bond donors (Lipinski definition) is 2. The van der Waals surface area contributed by atoms with Crippen molar-refractivity contribution < 1.29 is 4.79 Å². The molecule has 0 saturated carbocycles. The molecule has 1 rings (SSSR count). The van der Waals surface area contributed by atoms with Crippen molar-refractivity contribution in [3.63, 3.8) is 0 Å². The Morgan fingerprint density at radius 2 is 1.95 bits per heavy atom. The molecule has 0 radical (unpaired) electrons. The van der Waals surface area contributed by atoms with Crippen molar-refractivity contribution in [3.05, 3.63) is 23.4 Å². The summed E-state index contributed by atoms with van der Waals surface area (Å²) < 4.78 is 0. The van der Waals surface area contributed by atoms with Gasteiger partial charge in [-0.25, -0.2) is 4.98 Å². The highest BCUT2D eigenvalue weighted by atomic mass is 16.1. The monoisotopic (exact) mass is 291 g/mol. The molecule has 0 aliphatic carbocycles. The zero-order valence-corrected chi connectivity index (χ0v) is 14.2. The number of aromatic nitrogens is 1. The van der Waals surface area contributed by atoms with Crippen LogP contribution >= 0.6 is 0 Å². The second-order valence-electron chi connectivity index (χ2n) is 6.44. The standard InChI is InChI=1S/C17H29N3O/c1-7-9-17(5,6)20-16(21)13-10-14(12(3)4)19-15(11-13)18-8-2/h10-12H,7-9H2,1-6H3,(H,18,19)(H,20,21). The summed E-state index contributed by atoms with van der Waals surface area (Å²) >= 11 is 0. The summed E-state index contributed by atoms with van der Waals surface area (Å²) in [6, 6.07) is 3.72. The number of hydrogen-bond acceptors (Lipinski definition) is 3.